The topological polar surface area (TPSA) is 87.6 Å². The minimum absolute atomic E-state index is 0.111. The summed E-state index contributed by atoms with van der Waals surface area (Å²) < 4.78 is 27.0. The van der Waals surface area contributed by atoms with Gasteiger partial charge in [0.05, 0.1) is 4.90 Å². The summed E-state index contributed by atoms with van der Waals surface area (Å²) in [5, 5.41) is 2.88. The van der Waals surface area contributed by atoms with Gasteiger partial charge in [-0.1, -0.05) is 52.0 Å². The zero-order chi connectivity index (χ0) is 20.5. The molecule has 1 amide bonds. The number of carbonyl (C=O) groups is 1. The van der Waals surface area contributed by atoms with Gasteiger partial charge in [-0.05, 0) is 41.7 Å². The predicted octanol–water partition coefficient (Wildman–Crippen LogP) is 3.51. The molecule has 0 aliphatic carbocycles. The number of carbonyl (C=O) groups excluding carboxylic acids is 1. The van der Waals surface area contributed by atoms with Gasteiger partial charge in [-0.3, -0.25) is 14.5 Å². The molecule has 1 unspecified atom stereocenters. The highest BCUT2D eigenvalue weighted by Crippen LogP contribution is 2.24. The van der Waals surface area contributed by atoms with E-state index in [1.807, 2.05) is 38.1 Å². The van der Waals surface area contributed by atoms with Gasteiger partial charge in [-0.25, -0.2) is 8.42 Å². The second-order valence-electron chi connectivity index (χ2n) is 7.53. The zero-order valence-electron chi connectivity index (χ0n) is 16.4. The fourth-order valence-electron chi connectivity index (χ4n) is 3.05. The summed E-state index contributed by atoms with van der Waals surface area (Å²) in [6.07, 6.45) is 0. The van der Waals surface area contributed by atoms with Gasteiger partial charge in [0.15, 0.2) is 0 Å². The molecule has 28 heavy (non-hydrogen) atoms. The predicted molar refractivity (Wildman–Crippen MR) is 111 cm³/mol. The van der Waals surface area contributed by atoms with E-state index in [-0.39, 0.29) is 22.6 Å². The monoisotopic (exact) mass is 399 g/mol. The first kappa shape index (κ1) is 20.1. The molecule has 0 saturated carbocycles. The molecule has 0 fully saturated rings. The molecule has 0 saturated heterocycles. The first-order chi connectivity index (χ1) is 13.2. The average molecular weight is 400 g/mol. The summed E-state index contributed by atoms with van der Waals surface area (Å²) in [4.78, 5) is 17.5. The number of sulfonamides is 1. The van der Waals surface area contributed by atoms with Crippen molar-refractivity contribution in [2.24, 2.45) is 10.9 Å². The number of aliphatic imine (C=N–C) groups is 1. The largest absolute Gasteiger partial charge is 0.324 e. The van der Waals surface area contributed by atoms with E-state index >= 15 is 0 Å². The molecule has 2 N–H and O–H groups in total. The minimum atomic E-state index is -3.64. The van der Waals surface area contributed by atoms with Crippen molar-refractivity contribution in [2.45, 2.75) is 44.6 Å². The highest BCUT2D eigenvalue weighted by molar-refractivity contribution is 7.90. The molecule has 2 aromatic rings. The van der Waals surface area contributed by atoms with Gasteiger partial charge < -0.3 is 5.32 Å². The fourth-order valence-corrected chi connectivity index (χ4v) is 4.29. The lowest BCUT2D eigenvalue weighted by Crippen LogP contribution is -2.34. The number of nitrogens with one attached hydrogen (secondary N) is 2. The number of nitrogens with zero attached hydrogens (tertiary/aromatic N) is 1. The quantitative estimate of drug-likeness (QED) is 0.806. The highest BCUT2D eigenvalue weighted by atomic mass is 32.2. The van der Waals surface area contributed by atoms with Gasteiger partial charge in [0.1, 0.15) is 11.9 Å². The molecular weight excluding hydrogens is 374 g/mol. The first-order valence-electron chi connectivity index (χ1n) is 9.30. The minimum Gasteiger partial charge on any atom is -0.324 e. The normalized spacial score (nSPS) is 17.4. The molecule has 148 valence electrons. The van der Waals surface area contributed by atoms with Gasteiger partial charge in [0, 0.05) is 11.3 Å². The molecular formula is C21H25N3O3S. The van der Waals surface area contributed by atoms with Crippen LogP contribution in [0.3, 0.4) is 0 Å². The van der Waals surface area contributed by atoms with E-state index in [0.29, 0.717) is 17.2 Å². The Kier molecular flexibility index (Phi) is 5.56. The van der Waals surface area contributed by atoms with Crippen LogP contribution in [0.1, 0.15) is 44.7 Å². The smallest absolute Gasteiger partial charge is 0.263 e. The van der Waals surface area contributed by atoms with Crippen molar-refractivity contribution in [1.82, 2.24) is 4.72 Å². The maximum absolute atomic E-state index is 12.8. The van der Waals surface area contributed by atoms with Crippen LogP contribution in [0.2, 0.25) is 0 Å². The van der Waals surface area contributed by atoms with Gasteiger partial charge in [0.2, 0.25) is 5.91 Å². The molecule has 0 radical (unpaired) electrons. The summed E-state index contributed by atoms with van der Waals surface area (Å²) in [5.41, 5.74) is 2.37. The van der Waals surface area contributed by atoms with Crippen LogP contribution in [0, 0.1) is 5.92 Å². The Morgan fingerprint density at radius 1 is 1.00 bits per heavy atom. The zero-order valence-corrected chi connectivity index (χ0v) is 17.2. The van der Waals surface area contributed by atoms with Gasteiger partial charge in [-0.2, -0.15) is 0 Å². The van der Waals surface area contributed by atoms with Gasteiger partial charge in [0.25, 0.3) is 10.0 Å². The Bertz CT molecular complexity index is 1010. The molecule has 1 atom stereocenters. The lowest BCUT2D eigenvalue weighted by molar-refractivity contribution is -0.118. The van der Waals surface area contributed by atoms with Crippen LogP contribution < -0.4 is 10.0 Å². The van der Waals surface area contributed by atoms with E-state index in [0.717, 1.165) is 0 Å². The Morgan fingerprint density at radius 2 is 1.64 bits per heavy atom. The van der Waals surface area contributed by atoms with Crippen molar-refractivity contribution in [3.63, 3.8) is 0 Å². The number of amidine groups is 1. The molecule has 7 heteroatoms. The van der Waals surface area contributed by atoms with E-state index in [4.69, 9.17) is 0 Å². The van der Waals surface area contributed by atoms with Crippen LogP contribution in [0.15, 0.2) is 58.4 Å². The number of hydrogen-bond donors (Lipinski definition) is 2. The maximum atomic E-state index is 12.8. The van der Waals surface area contributed by atoms with Crippen molar-refractivity contribution in [3.8, 4) is 0 Å². The van der Waals surface area contributed by atoms with E-state index in [2.05, 4.69) is 28.9 Å². The van der Waals surface area contributed by atoms with Crippen LogP contribution in [0.25, 0.3) is 0 Å². The molecule has 0 aromatic heterocycles. The standard InChI is InChI=1S/C21H25N3O3S/c1-13(2)15-9-11-16(12-10-15)22-21(25)19(14(3)4)23-20-17-7-5-6-8-18(17)28(26,27)24-20/h5-14,19H,1-4H3,(H,22,25)(H,23,24). The molecule has 1 heterocycles. The summed E-state index contributed by atoms with van der Waals surface area (Å²) in [7, 11) is -3.64. The van der Waals surface area contributed by atoms with E-state index < -0.39 is 16.1 Å². The van der Waals surface area contributed by atoms with Crippen molar-refractivity contribution < 1.29 is 13.2 Å². The van der Waals surface area contributed by atoms with Crippen LogP contribution in [-0.2, 0) is 14.8 Å². The third kappa shape index (κ3) is 4.09. The third-order valence-electron chi connectivity index (χ3n) is 4.68. The Labute approximate surface area is 166 Å². The Morgan fingerprint density at radius 3 is 2.25 bits per heavy atom. The number of fused-ring (bicyclic) bond motifs is 1. The van der Waals surface area contributed by atoms with Crippen LogP contribution in [-0.4, -0.2) is 26.2 Å². The summed E-state index contributed by atoms with van der Waals surface area (Å²) in [6, 6.07) is 13.6. The van der Waals surface area contributed by atoms with Crippen molar-refractivity contribution in [3.05, 3.63) is 59.7 Å². The summed E-state index contributed by atoms with van der Waals surface area (Å²) in [5.74, 6) is 0.234. The number of benzene rings is 2. The average Bonchev–Trinajstić information content (AvgIpc) is 2.90. The molecule has 6 nitrogen and oxygen atoms in total. The second kappa shape index (κ2) is 7.75. The number of hydrogen-bond acceptors (Lipinski definition) is 4. The van der Waals surface area contributed by atoms with E-state index in [1.165, 1.54) is 11.6 Å². The number of rotatable bonds is 5. The SMILES string of the molecule is CC(C)c1ccc(NC(=O)C(N=C2NS(=O)(=O)c3ccccc32)C(C)C)cc1. The molecule has 1 aliphatic rings. The molecule has 2 aromatic carbocycles. The fraction of sp³-hybridized carbons (Fsp3) is 0.333. The van der Waals surface area contributed by atoms with Crippen molar-refractivity contribution >= 4 is 27.5 Å². The highest BCUT2D eigenvalue weighted by Gasteiger charge is 2.32. The second-order valence-corrected chi connectivity index (χ2v) is 9.19. The Hall–Kier alpha value is -2.67. The third-order valence-corrected chi connectivity index (χ3v) is 6.07. The van der Waals surface area contributed by atoms with E-state index in [9.17, 15) is 13.2 Å². The summed E-state index contributed by atoms with van der Waals surface area (Å²) in [6.45, 7) is 7.98. The van der Waals surface area contributed by atoms with Crippen molar-refractivity contribution in [1.29, 1.82) is 0 Å². The first-order valence-corrected chi connectivity index (χ1v) is 10.8. The van der Waals surface area contributed by atoms with Gasteiger partial charge >= 0.3 is 0 Å². The lowest BCUT2D eigenvalue weighted by atomic mass is 10.0. The number of amides is 1. The lowest BCUT2D eigenvalue weighted by Gasteiger charge is -2.17. The van der Waals surface area contributed by atoms with Gasteiger partial charge in [-0.15, -0.1) is 0 Å². The van der Waals surface area contributed by atoms with Crippen LogP contribution >= 0.6 is 0 Å². The van der Waals surface area contributed by atoms with Crippen molar-refractivity contribution in [2.75, 3.05) is 5.32 Å². The molecule has 0 spiro atoms. The number of anilines is 1. The Balaban J connectivity index is 1.86. The summed E-state index contributed by atoms with van der Waals surface area (Å²) >= 11 is 0. The van der Waals surface area contributed by atoms with Crippen LogP contribution in [0.4, 0.5) is 5.69 Å². The molecule has 1 aliphatic heterocycles. The van der Waals surface area contributed by atoms with E-state index in [1.54, 1.807) is 18.2 Å². The maximum Gasteiger partial charge on any atom is 0.263 e. The molecule has 3 rings (SSSR count). The molecule has 0 bridgehead atoms. The van der Waals surface area contributed by atoms with Crippen LogP contribution in [0.5, 0.6) is 0 Å².